The Morgan fingerprint density at radius 2 is 1.72 bits per heavy atom. The zero-order valence-corrected chi connectivity index (χ0v) is 15.8. The maximum atomic E-state index is 12.9. The molecule has 29 heavy (non-hydrogen) atoms. The first-order chi connectivity index (χ1) is 14.1. The molecule has 0 saturated carbocycles. The van der Waals surface area contributed by atoms with Crippen LogP contribution in [0.3, 0.4) is 0 Å². The molecule has 140 valence electrons. The van der Waals surface area contributed by atoms with Crippen molar-refractivity contribution < 1.29 is 0 Å². The summed E-state index contributed by atoms with van der Waals surface area (Å²) in [6.45, 7) is 1.95. The number of pyridine rings is 3. The lowest BCUT2D eigenvalue weighted by Gasteiger charge is -2.14. The average molecular weight is 378 g/mol. The van der Waals surface area contributed by atoms with Gasteiger partial charge in [0.1, 0.15) is 0 Å². The Bertz CT molecular complexity index is 1440. The van der Waals surface area contributed by atoms with Gasteiger partial charge in [-0.05, 0) is 66.1 Å². The van der Waals surface area contributed by atoms with Gasteiger partial charge in [-0.2, -0.15) is 0 Å². The van der Waals surface area contributed by atoms with Crippen molar-refractivity contribution in [2.75, 3.05) is 5.73 Å². The number of nitrogen functional groups attached to an aromatic ring is 1. The van der Waals surface area contributed by atoms with Gasteiger partial charge in [0.15, 0.2) is 0 Å². The first-order valence-corrected chi connectivity index (χ1v) is 9.33. The smallest absolute Gasteiger partial charge is 0.255 e. The normalized spacial score (nSPS) is 11.2. The number of benzene rings is 2. The van der Waals surface area contributed by atoms with Crippen LogP contribution in [-0.2, 0) is 0 Å². The SMILES string of the molecule is Cc1ccc(-n2c(=O)ccc3cnc4ccc(-c5ccncc5)cc4c32)cc1N. The molecule has 5 nitrogen and oxygen atoms in total. The number of aromatic nitrogens is 3. The van der Waals surface area contributed by atoms with Gasteiger partial charge in [0, 0.05) is 41.1 Å². The van der Waals surface area contributed by atoms with Crippen LogP contribution in [-0.4, -0.2) is 14.5 Å². The van der Waals surface area contributed by atoms with E-state index in [4.69, 9.17) is 5.73 Å². The number of nitrogens with two attached hydrogens (primary N) is 1. The number of fused-ring (bicyclic) bond motifs is 3. The molecule has 0 spiro atoms. The van der Waals surface area contributed by atoms with E-state index in [1.165, 1.54) is 0 Å². The van der Waals surface area contributed by atoms with Crippen LogP contribution in [0.15, 0.2) is 84.0 Å². The summed E-state index contributed by atoms with van der Waals surface area (Å²) in [6.07, 6.45) is 5.34. The Kier molecular flexibility index (Phi) is 3.88. The monoisotopic (exact) mass is 378 g/mol. The molecule has 3 heterocycles. The number of rotatable bonds is 2. The van der Waals surface area contributed by atoms with Crippen LogP contribution >= 0.6 is 0 Å². The standard InChI is InChI=1S/C24H18N4O/c1-15-2-5-19(13-21(15)25)28-23(29)7-4-18-14-27-22-6-3-17(12-20(22)24(18)28)16-8-10-26-11-9-16/h2-14H,25H2,1H3. The van der Waals surface area contributed by atoms with Crippen LogP contribution in [0.25, 0.3) is 38.6 Å². The highest BCUT2D eigenvalue weighted by atomic mass is 16.1. The first kappa shape index (κ1) is 17.1. The van der Waals surface area contributed by atoms with E-state index in [0.717, 1.165) is 44.2 Å². The molecule has 5 heteroatoms. The summed E-state index contributed by atoms with van der Waals surface area (Å²) in [4.78, 5) is 21.6. The number of nitrogens with zero attached hydrogens (tertiary/aromatic N) is 3. The lowest BCUT2D eigenvalue weighted by Crippen LogP contribution is -2.18. The summed E-state index contributed by atoms with van der Waals surface area (Å²) in [5, 5.41) is 1.80. The summed E-state index contributed by atoms with van der Waals surface area (Å²) >= 11 is 0. The van der Waals surface area contributed by atoms with Gasteiger partial charge in [-0.15, -0.1) is 0 Å². The molecule has 0 aliphatic heterocycles. The van der Waals surface area contributed by atoms with E-state index in [1.54, 1.807) is 29.2 Å². The van der Waals surface area contributed by atoms with E-state index in [1.807, 2.05) is 55.5 Å². The number of anilines is 1. The van der Waals surface area contributed by atoms with E-state index < -0.39 is 0 Å². The second-order valence-electron chi connectivity index (χ2n) is 7.08. The fraction of sp³-hybridized carbons (Fsp3) is 0.0417. The van der Waals surface area contributed by atoms with Gasteiger partial charge >= 0.3 is 0 Å². The van der Waals surface area contributed by atoms with E-state index >= 15 is 0 Å². The van der Waals surface area contributed by atoms with E-state index in [0.29, 0.717) is 5.69 Å². The molecule has 0 radical (unpaired) electrons. The van der Waals surface area contributed by atoms with Crippen molar-refractivity contribution in [2.45, 2.75) is 6.92 Å². The molecule has 0 saturated heterocycles. The molecule has 0 aliphatic rings. The van der Waals surface area contributed by atoms with Crippen LogP contribution in [0.2, 0.25) is 0 Å². The Morgan fingerprint density at radius 3 is 2.52 bits per heavy atom. The predicted molar refractivity (Wildman–Crippen MR) is 117 cm³/mol. The molecule has 0 unspecified atom stereocenters. The number of hydrogen-bond donors (Lipinski definition) is 1. The van der Waals surface area contributed by atoms with Crippen LogP contribution < -0.4 is 11.3 Å². The molecule has 5 rings (SSSR count). The number of hydrogen-bond acceptors (Lipinski definition) is 4. The molecule has 2 aromatic carbocycles. The van der Waals surface area contributed by atoms with Gasteiger partial charge < -0.3 is 5.73 Å². The summed E-state index contributed by atoms with van der Waals surface area (Å²) in [5.41, 5.74) is 12.1. The third-order valence-corrected chi connectivity index (χ3v) is 5.25. The van der Waals surface area contributed by atoms with Crippen LogP contribution in [0.4, 0.5) is 5.69 Å². The lowest BCUT2D eigenvalue weighted by molar-refractivity contribution is 1.05. The van der Waals surface area contributed by atoms with Crippen molar-refractivity contribution in [2.24, 2.45) is 0 Å². The Balaban J connectivity index is 1.89. The molecular weight excluding hydrogens is 360 g/mol. The molecule has 5 aromatic rings. The zero-order chi connectivity index (χ0) is 20.0. The fourth-order valence-corrected chi connectivity index (χ4v) is 3.66. The van der Waals surface area contributed by atoms with Gasteiger partial charge in [0.05, 0.1) is 16.7 Å². The molecule has 0 atom stereocenters. The van der Waals surface area contributed by atoms with Crippen molar-refractivity contribution in [3.8, 4) is 16.8 Å². The Morgan fingerprint density at radius 1 is 0.897 bits per heavy atom. The molecular formula is C24H18N4O. The Labute approximate surface area is 167 Å². The summed E-state index contributed by atoms with van der Waals surface area (Å²) in [7, 11) is 0. The van der Waals surface area contributed by atoms with Gasteiger partial charge in [-0.3, -0.25) is 19.3 Å². The van der Waals surface area contributed by atoms with E-state index in [-0.39, 0.29) is 5.56 Å². The van der Waals surface area contributed by atoms with E-state index in [9.17, 15) is 4.79 Å². The maximum absolute atomic E-state index is 12.9. The van der Waals surface area contributed by atoms with Gasteiger partial charge in [-0.1, -0.05) is 12.1 Å². The van der Waals surface area contributed by atoms with Crippen LogP contribution in [0.1, 0.15) is 5.56 Å². The molecule has 0 amide bonds. The highest BCUT2D eigenvalue weighted by molar-refractivity contribution is 6.05. The van der Waals surface area contributed by atoms with E-state index in [2.05, 4.69) is 16.0 Å². The second-order valence-corrected chi connectivity index (χ2v) is 7.08. The van der Waals surface area contributed by atoms with Crippen molar-refractivity contribution in [1.82, 2.24) is 14.5 Å². The maximum Gasteiger partial charge on any atom is 0.255 e. The quantitative estimate of drug-likeness (QED) is 0.363. The third kappa shape index (κ3) is 2.84. The average Bonchev–Trinajstić information content (AvgIpc) is 2.76. The van der Waals surface area contributed by atoms with Crippen molar-refractivity contribution in [1.29, 1.82) is 0 Å². The topological polar surface area (TPSA) is 73.8 Å². The second kappa shape index (κ2) is 6.56. The third-order valence-electron chi connectivity index (χ3n) is 5.25. The number of aryl methyl sites for hydroxylation is 1. The molecule has 3 aromatic heterocycles. The van der Waals surface area contributed by atoms with Gasteiger partial charge in [0.2, 0.25) is 0 Å². The van der Waals surface area contributed by atoms with Gasteiger partial charge in [0.25, 0.3) is 5.56 Å². The summed E-state index contributed by atoms with van der Waals surface area (Å²) in [6, 6.07) is 19.1. The lowest BCUT2D eigenvalue weighted by atomic mass is 10.0. The van der Waals surface area contributed by atoms with Crippen LogP contribution in [0, 0.1) is 6.92 Å². The minimum absolute atomic E-state index is 0.109. The molecule has 0 aliphatic carbocycles. The summed E-state index contributed by atoms with van der Waals surface area (Å²) < 4.78 is 1.71. The van der Waals surface area contributed by atoms with Gasteiger partial charge in [-0.25, -0.2) is 0 Å². The zero-order valence-electron chi connectivity index (χ0n) is 15.8. The minimum atomic E-state index is -0.109. The molecule has 0 fully saturated rings. The van der Waals surface area contributed by atoms with Crippen LogP contribution in [0.5, 0.6) is 0 Å². The van der Waals surface area contributed by atoms with Crippen molar-refractivity contribution >= 4 is 27.5 Å². The predicted octanol–water partition coefficient (Wildman–Crippen LogP) is 4.49. The van der Waals surface area contributed by atoms with Crippen molar-refractivity contribution in [3.05, 3.63) is 95.2 Å². The summed E-state index contributed by atoms with van der Waals surface area (Å²) in [5.74, 6) is 0. The molecule has 2 N–H and O–H groups in total. The van der Waals surface area contributed by atoms with Crippen molar-refractivity contribution in [3.63, 3.8) is 0 Å². The fourth-order valence-electron chi connectivity index (χ4n) is 3.66. The minimum Gasteiger partial charge on any atom is -0.398 e. The largest absolute Gasteiger partial charge is 0.398 e. The Hall–Kier alpha value is -3.99. The highest BCUT2D eigenvalue weighted by Crippen LogP contribution is 2.29. The highest BCUT2D eigenvalue weighted by Gasteiger charge is 2.12. The first-order valence-electron chi connectivity index (χ1n) is 9.33. The molecule has 0 bridgehead atoms.